The number of anilines is 1. The predicted molar refractivity (Wildman–Crippen MR) is 142 cm³/mol. The van der Waals surface area contributed by atoms with Crippen LogP contribution in [0.2, 0.25) is 0 Å². The summed E-state index contributed by atoms with van der Waals surface area (Å²) in [5, 5.41) is 15.4. The summed E-state index contributed by atoms with van der Waals surface area (Å²) in [5.41, 5.74) is 1.18. The smallest absolute Gasteiger partial charge is 0.243 e. The maximum atomic E-state index is 12.7. The molecule has 4 rings (SSSR count). The van der Waals surface area contributed by atoms with E-state index in [1.165, 1.54) is 29.1 Å². The summed E-state index contributed by atoms with van der Waals surface area (Å²) in [6, 6.07) is 10.3. The molecular weight excluding hydrogens is 454 g/mol. The number of likely N-dealkylation sites (tertiary alicyclic amines) is 1. The van der Waals surface area contributed by atoms with Gasteiger partial charge in [-0.1, -0.05) is 65.2 Å². The number of rotatable bonds is 5. The average molecular weight is 498 g/mol. The van der Waals surface area contributed by atoms with Gasteiger partial charge in [-0.15, -0.1) is 0 Å². The third-order valence-electron chi connectivity index (χ3n) is 5.64. The van der Waals surface area contributed by atoms with Gasteiger partial charge in [0.2, 0.25) is 17.7 Å². The summed E-state index contributed by atoms with van der Waals surface area (Å²) in [4.78, 5) is 40.4. The SMILES string of the molecule is C1CC1.CC(C)(C)C.CN(CC(=O)N1CC(C(=O)Nc2ccccc2)CC1C#N)C(=O)C1CCCN1. The van der Waals surface area contributed by atoms with Crippen molar-refractivity contribution in [3.8, 4) is 6.07 Å². The molecule has 8 nitrogen and oxygen atoms in total. The van der Waals surface area contributed by atoms with Crippen LogP contribution in [0.3, 0.4) is 0 Å². The zero-order chi connectivity index (χ0) is 26.7. The lowest BCUT2D eigenvalue weighted by Crippen LogP contribution is -2.47. The van der Waals surface area contributed by atoms with E-state index in [1.807, 2.05) is 18.2 Å². The highest BCUT2D eigenvalue weighted by molar-refractivity contribution is 5.94. The van der Waals surface area contributed by atoms with E-state index in [4.69, 9.17) is 0 Å². The van der Waals surface area contributed by atoms with Gasteiger partial charge >= 0.3 is 0 Å². The number of likely N-dealkylation sites (N-methyl/N-ethyl adjacent to an activating group) is 1. The van der Waals surface area contributed by atoms with Crippen molar-refractivity contribution < 1.29 is 14.4 Å². The van der Waals surface area contributed by atoms with Crippen LogP contribution in [0.4, 0.5) is 5.69 Å². The Kier molecular flexibility index (Phi) is 11.4. The van der Waals surface area contributed by atoms with Gasteiger partial charge in [-0.3, -0.25) is 14.4 Å². The summed E-state index contributed by atoms with van der Waals surface area (Å²) < 4.78 is 0. The van der Waals surface area contributed by atoms with Crippen molar-refractivity contribution >= 4 is 23.4 Å². The molecule has 0 aromatic heterocycles. The highest BCUT2D eigenvalue weighted by atomic mass is 16.2. The van der Waals surface area contributed by atoms with Gasteiger partial charge in [0, 0.05) is 19.3 Å². The molecule has 0 radical (unpaired) electrons. The Bertz CT molecular complexity index is 889. The summed E-state index contributed by atoms with van der Waals surface area (Å²) in [5.74, 6) is -1.08. The molecule has 1 saturated carbocycles. The summed E-state index contributed by atoms with van der Waals surface area (Å²) in [6.07, 6.45) is 6.51. The molecule has 2 heterocycles. The number of nitriles is 1. The van der Waals surface area contributed by atoms with Crippen LogP contribution in [0.5, 0.6) is 0 Å². The maximum Gasteiger partial charge on any atom is 0.243 e. The number of carbonyl (C=O) groups is 3. The van der Waals surface area contributed by atoms with Gasteiger partial charge in [0.15, 0.2) is 0 Å². The molecule has 2 aliphatic heterocycles. The second kappa shape index (κ2) is 14.0. The van der Waals surface area contributed by atoms with Crippen molar-refractivity contribution in [1.82, 2.24) is 15.1 Å². The van der Waals surface area contributed by atoms with Gasteiger partial charge in [0.1, 0.15) is 6.04 Å². The van der Waals surface area contributed by atoms with E-state index >= 15 is 0 Å². The van der Waals surface area contributed by atoms with E-state index in [1.54, 1.807) is 19.2 Å². The number of para-hydroxylation sites is 1. The molecule has 2 saturated heterocycles. The van der Waals surface area contributed by atoms with Crippen LogP contribution in [0, 0.1) is 22.7 Å². The number of amides is 3. The van der Waals surface area contributed by atoms with Crippen LogP contribution >= 0.6 is 0 Å². The number of nitrogens with zero attached hydrogens (tertiary/aromatic N) is 3. The number of nitrogens with one attached hydrogen (secondary N) is 2. The minimum absolute atomic E-state index is 0.0950. The Morgan fingerprint density at radius 2 is 1.72 bits per heavy atom. The number of carbonyl (C=O) groups excluding carboxylic acids is 3. The van der Waals surface area contributed by atoms with Gasteiger partial charge < -0.3 is 20.4 Å². The molecule has 3 fully saturated rings. The molecule has 3 aliphatic rings. The fourth-order valence-electron chi connectivity index (χ4n) is 3.72. The first-order chi connectivity index (χ1) is 17.0. The number of hydrogen-bond acceptors (Lipinski definition) is 5. The molecule has 1 aliphatic carbocycles. The van der Waals surface area contributed by atoms with Crippen molar-refractivity contribution in [2.24, 2.45) is 11.3 Å². The first kappa shape index (κ1) is 29.3. The van der Waals surface area contributed by atoms with Crippen LogP contribution < -0.4 is 10.6 Å². The number of benzene rings is 1. The lowest BCUT2D eigenvalue weighted by atomic mass is 10.0. The quantitative estimate of drug-likeness (QED) is 0.644. The Morgan fingerprint density at radius 3 is 2.22 bits per heavy atom. The highest BCUT2D eigenvalue weighted by Crippen LogP contribution is 2.25. The molecule has 3 unspecified atom stereocenters. The van der Waals surface area contributed by atoms with E-state index in [-0.39, 0.29) is 36.9 Å². The molecule has 3 amide bonds. The minimum Gasteiger partial charge on any atom is -0.335 e. The monoisotopic (exact) mass is 497 g/mol. The molecule has 198 valence electrons. The largest absolute Gasteiger partial charge is 0.335 e. The highest BCUT2D eigenvalue weighted by Gasteiger charge is 2.39. The lowest BCUT2D eigenvalue weighted by molar-refractivity contribution is -0.140. The van der Waals surface area contributed by atoms with E-state index < -0.39 is 12.0 Å². The van der Waals surface area contributed by atoms with E-state index in [9.17, 15) is 19.6 Å². The fourth-order valence-corrected chi connectivity index (χ4v) is 3.72. The molecular formula is C28H43N5O3. The average Bonchev–Trinajstić information content (AvgIpc) is 3.46. The van der Waals surface area contributed by atoms with Gasteiger partial charge in [0.05, 0.1) is 24.6 Å². The zero-order valence-electron chi connectivity index (χ0n) is 22.5. The van der Waals surface area contributed by atoms with Gasteiger partial charge in [0.25, 0.3) is 0 Å². The molecule has 36 heavy (non-hydrogen) atoms. The molecule has 8 heteroatoms. The molecule has 0 bridgehead atoms. The zero-order valence-corrected chi connectivity index (χ0v) is 22.5. The van der Waals surface area contributed by atoms with Crippen molar-refractivity contribution in [2.45, 2.75) is 78.3 Å². The molecule has 2 N–H and O–H groups in total. The summed E-state index contributed by atoms with van der Waals surface area (Å²) in [6.45, 7) is 9.64. The third kappa shape index (κ3) is 10.8. The minimum atomic E-state index is -0.660. The van der Waals surface area contributed by atoms with Crippen LogP contribution in [-0.4, -0.2) is 66.3 Å². The Hall–Kier alpha value is -2.92. The predicted octanol–water partition coefficient (Wildman–Crippen LogP) is 3.80. The van der Waals surface area contributed by atoms with Gasteiger partial charge in [-0.05, 0) is 43.4 Å². The van der Waals surface area contributed by atoms with E-state index in [0.29, 0.717) is 17.5 Å². The summed E-state index contributed by atoms with van der Waals surface area (Å²) in [7, 11) is 1.59. The van der Waals surface area contributed by atoms with E-state index in [2.05, 4.69) is 44.4 Å². The standard InChI is InChI=1S/C20H25N5O3.C5H12.C3H6/c1-24(20(28)17-8-5-9-22-17)13-18(26)25-12-14(10-16(25)11-21)19(27)23-15-6-3-2-4-7-15;1-5(2,3)4;1-2-3-1/h2-4,6-7,14,16-17,22H,5,8-10,12-13H2,1H3,(H,23,27);1-4H3;1-3H2. The first-order valence-corrected chi connectivity index (χ1v) is 13.0. The second-order valence-electron chi connectivity index (χ2n) is 11.4. The first-order valence-electron chi connectivity index (χ1n) is 13.0. The van der Waals surface area contributed by atoms with E-state index in [0.717, 1.165) is 19.4 Å². The van der Waals surface area contributed by atoms with Crippen molar-refractivity contribution in [1.29, 1.82) is 5.26 Å². The Morgan fingerprint density at radius 1 is 1.11 bits per heavy atom. The van der Waals surface area contributed by atoms with Crippen LogP contribution in [0.1, 0.15) is 66.2 Å². The van der Waals surface area contributed by atoms with Crippen LogP contribution in [0.15, 0.2) is 30.3 Å². The maximum absolute atomic E-state index is 12.7. The van der Waals surface area contributed by atoms with Crippen molar-refractivity contribution in [3.05, 3.63) is 30.3 Å². The molecule has 1 aromatic rings. The Labute approximate surface area is 216 Å². The Balaban J connectivity index is 0.000000490. The normalized spacial score (nSPS) is 22.2. The fraction of sp³-hybridized carbons (Fsp3) is 0.643. The van der Waals surface area contributed by atoms with Crippen molar-refractivity contribution in [2.75, 3.05) is 32.0 Å². The van der Waals surface area contributed by atoms with Crippen LogP contribution in [-0.2, 0) is 14.4 Å². The molecule has 3 atom stereocenters. The molecule has 1 aromatic carbocycles. The third-order valence-corrected chi connectivity index (χ3v) is 5.64. The lowest BCUT2D eigenvalue weighted by Gasteiger charge is -2.25. The topological polar surface area (TPSA) is 106 Å². The molecule has 0 spiro atoms. The van der Waals surface area contributed by atoms with Crippen molar-refractivity contribution in [3.63, 3.8) is 0 Å². The van der Waals surface area contributed by atoms with Gasteiger partial charge in [-0.25, -0.2) is 0 Å². The van der Waals surface area contributed by atoms with Gasteiger partial charge in [-0.2, -0.15) is 5.26 Å². The summed E-state index contributed by atoms with van der Waals surface area (Å²) >= 11 is 0. The number of hydrogen-bond donors (Lipinski definition) is 2. The second-order valence-corrected chi connectivity index (χ2v) is 11.4. The van der Waals surface area contributed by atoms with Crippen LogP contribution in [0.25, 0.3) is 0 Å².